The molecule has 0 aromatic carbocycles. The Hall–Kier alpha value is -1.14. The molecule has 1 amide bonds. The van der Waals surface area contributed by atoms with Gasteiger partial charge >= 0.3 is 5.97 Å². The van der Waals surface area contributed by atoms with Gasteiger partial charge in [0.25, 0.3) is 0 Å². The fourth-order valence-corrected chi connectivity index (χ4v) is 1.85. The number of nitrogens with one attached hydrogen (secondary N) is 2. The molecule has 3 N–H and O–H groups in total. The predicted octanol–water partition coefficient (Wildman–Crippen LogP) is -0.411. The summed E-state index contributed by atoms with van der Waals surface area (Å²) in [6.07, 6.45) is 0.598. The van der Waals surface area contributed by atoms with Crippen LogP contribution in [0.15, 0.2) is 0 Å². The topological polar surface area (TPSA) is 87.7 Å². The zero-order valence-corrected chi connectivity index (χ0v) is 10.4. The van der Waals surface area contributed by atoms with Gasteiger partial charge in [0.1, 0.15) is 6.04 Å². The third-order valence-electron chi connectivity index (χ3n) is 2.97. The van der Waals surface area contributed by atoms with E-state index in [9.17, 15) is 9.59 Å². The molecule has 6 heteroatoms. The summed E-state index contributed by atoms with van der Waals surface area (Å²) < 4.78 is 5.13. The van der Waals surface area contributed by atoms with Gasteiger partial charge in [-0.15, -0.1) is 0 Å². The first-order chi connectivity index (χ1) is 7.95. The Labute approximate surface area is 101 Å². The Bertz CT molecular complexity index is 293. The number of carboxylic acid groups (broad SMARTS) is 1. The Morgan fingerprint density at radius 1 is 1.47 bits per heavy atom. The van der Waals surface area contributed by atoms with E-state index in [4.69, 9.17) is 9.84 Å². The molecule has 6 nitrogen and oxygen atoms in total. The molecule has 2 unspecified atom stereocenters. The third kappa shape index (κ3) is 3.67. The Morgan fingerprint density at radius 3 is 2.53 bits per heavy atom. The largest absolute Gasteiger partial charge is 0.480 e. The van der Waals surface area contributed by atoms with Crippen molar-refractivity contribution in [3.63, 3.8) is 0 Å². The molecular formula is C11H20N2O4. The lowest BCUT2D eigenvalue weighted by Gasteiger charge is -2.20. The zero-order chi connectivity index (χ0) is 13.0. The van der Waals surface area contributed by atoms with Gasteiger partial charge in [0, 0.05) is 13.7 Å². The molecule has 1 aliphatic rings. The number of ether oxygens (including phenoxy) is 1. The molecule has 0 bridgehead atoms. The van der Waals surface area contributed by atoms with Crippen molar-refractivity contribution in [1.82, 2.24) is 10.6 Å². The SMILES string of the molecule is COC1CNC(C(=O)N[C@@H](C(=O)O)C(C)C)C1. The fraction of sp³-hybridized carbons (Fsp3) is 0.818. The second kappa shape index (κ2) is 5.97. The van der Waals surface area contributed by atoms with E-state index in [0.717, 1.165) is 0 Å². The lowest BCUT2D eigenvalue weighted by Crippen LogP contribution is -2.50. The second-order valence-corrected chi connectivity index (χ2v) is 4.62. The van der Waals surface area contributed by atoms with Crippen molar-refractivity contribution in [2.24, 2.45) is 5.92 Å². The van der Waals surface area contributed by atoms with Crippen LogP contribution in [0.1, 0.15) is 20.3 Å². The van der Waals surface area contributed by atoms with Crippen LogP contribution in [0.3, 0.4) is 0 Å². The van der Waals surface area contributed by atoms with E-state index in [1.165, 1.54) is 0 Å². The van der Waals surface area contributed by atoms with E-state index in [0.29, 0.717) is 13.0 Å². The van der Waals surface area contributed by atoms with E-state index >= 15 is 0 Å². The first-order valence-electron chi connectivity index (χ1n) is 5.75. The maximum atomic E-state index is 11.8. The summed E-state index contributed by atoms with van der Waals surface area (Å²) in [6.45, 7) is 4.15. The average molecular weight is 244 g/mol. The molecule has 98 valence electrons. The number of carbonyl (C=O) groups excluding carboxylic acids is 1. The van der Waals surface area contributed by atoms with E-state index in [1.807, 2.05) is 0 Å². The van der Waals surface area contributed by atoms with Crippen molar-refractivity contribution in [2.45, 2.75) is 38.5 Å². The van der Waals surface area contributed by atoms with Gasteiger partial charge in [-0.3, -0.25) is 4.79 Å². The number of aliphatic carboxylic acids is 1. The van der Waals surface area contributed by atoms with Crippen molar-refractivity contribution in [2.75, 3.05) is 13.7 Å². The number of rotatable bonds is 5. The van der Waals surface area contributed by atoms with Crippen molar-refractivity contribution >= 4 is 11.9 Å². The van der Waals surface area contributed by atoms with E-state index < -0.39 is 12.0 Å². The number of hydrogen-bond donors (Lipinski definition) is 3. The highest BCUT2D eigenvalue weighted by Gasteiger charge is 2.32. The van der Waals surface area contributed by atoms with Crippen LogP contribution in [0.5, 0.6) is 0 Å². The molecule has 0 saturated carbocycles. The van der Waals surface area contributed by atoms with Crippen LogP contribution in [0.2, 0.25) is 0 Å². The quantitative estimate of drug-likeness (QED) is 0.612. The number of carbonyl (C=O) groups is 2. The molecule has 1 heterocycles. The first-order valence-corrected chi connectivity index (χ1v) is 5.75. The van der Waals surface area contributed by atoms with E-state index in [-0.39, 0.29) is 24.0 Å². The van der Waals surface area contributed by atoms with Crippen molar-refractivity contribution < 1.29 is 19.4 Å². The molecule has 1 rings (SSSR count). The lowest BCUT2D eigenvalue weighted by atomic mass is 10.0. The van der Waals surface area contributed by atoms with Crippen molar-refractivity contribution in [3.8, 4) is 0 Å². The average Bonchev–Trinajstić information content (AvgIpc) is 2.73. The van der Waals surface area contributed by atoms with Crippen molar-refractivity contribution in [3.05, 3.63) is 0 Å². The molecule has 1 saturated heterocycles. The van der Waals surface area contributed by atoms with Crippen LogP contribution in [0.25, 0.3) is 0 Å². The summed E-state index contributed by atoms with van der Waals surface area (Å²) in [6, 6.07) is -1.20. The summed E-state index contributed by atoms with van der Waals surface area (Å²) in [5, 5.41) is 14.5. The normalized spacial score (nSPS) is 25.9. The molecule has 3 atom stereocenters. The number of methoxy groups -OCH3 is 1. The van der Waals surface area contributed by atoms with Gasteiger partial charge in [-0.05, 0) is 12.3 Å². The molecule has 0 aliphatic carbocycles. The standard InChI is InChI=1S/C11H20N2O4/c1-6(2)9(11(15)16)13-10(14)8-4-7(17-3)5-12-8/h6-9,12H,4-5H2,1-3H3,(H,13,14)(H,15,16)/t7?,8?,9-/m1/s1. The fourth-order valence-electron chi connectivity index (χ4n) is 1.85. The number of amides is 1. The third-order valence-corrected chi connectivity index (χ3v) is 2.97. The summed E-state index contributed by atoms with van der Waals surface area (Å²) in [7, 11) is 1.60. The number of carboxylic acids is 1. The van der Waals surface area contributed by atoms with Gasteiger partial charge in [-0.2, -0.15) is 0 Å². The van der Waals surface area contributed by atoms with E-state index in [2.05, 4.69) is 10.6 Å². The maximum absolute atomic E-state index is 11.8. The van der Waals surface area contributed by atoms with Gasteiger partial charge in [-0.25, -0.2) is 4.79 Å². The lowest BCUT2D eigenvalue weighted by molar-refractivity contribution is -0.143. The molecule has 0 aromatic heterocycles. The molecule has 1 aliphatic heterocycles. The van der Waals surface area contributed by atoms with E-state index in [1.54, 1.807) is 21.0 Å². The highest BCUT2D eigenvalue weighted by molar-refractivity contribution is 5.87. The molecule has 0 radical (unpaired) electrons. The minimum absolute atomic E-state index is 0.0214. The molecule has 0 spiro atoms. The second-order valence-electron chi connectivity index (χ2n) is 4.62. The summed E-state index contributed by atoms with van der Waals surface area (Å²) in [5.74, 6) is -1.42. The highest BCUT2D eigenvalue weighted by atomic mass is 16.5. The van der Waals surface area contributed by atoms with Crippen LogP contribution in [-0.2, 0) is 14.3 Å². The van der Waals surface area contributed by atoms with Crippen LogP contribution >= 0.6 is 0 Å². The van der Waals surface area contributed by atoms with Gasteiger partial charge in [0.2, 0.25) is 5.91 Å². The van der Waals surface area contributed by atoms with Gasteiger partial charge in [0.05, 0.1) is 12.1 Å². The molecular weight excluding hydrogens is 224 g/mol. The van der Waals surface area contributed by atoms with Crippen LogP contribution in [0.4, 0.5) is 0 Å². The Morgan fingerprint density at radius 2 is 2.12 bits per heavy atom. The van der Waals surface area contributed by atoms with Crippen LogP contribution in [-0.4, -0.2) is 48.8 Å². The first kappa shape index (κ1) is 13.9. The monoisotopic (exact) mass is 244 g/mol. The smallest absolute Gasteiger partial charge is 0.326 e. The molecule has 17 heavy (non-hydrogen) atoms. The van der Waals surface area contributed by atoms with Crippen molar-refractivity contribution in [1.29, 1.82) is 0 Å². The minimum Gasteiger partial charge on any atom is -0.480 e. The maximum Gasteiger partial charge on any atom is 0.326 e. The summed E-state index contributed by atoms with van der Waals surface area (Å²) in [4.78, 5) is 22.8. The summed E-state index contributed by atoms with van der Waals surface area (Å²) in [5.41, 5.74) is 0. The number of hydrogen-bond acceptors (Lipinski definition) is 4. The minimum atomic E-state index is -1.00. The Kier molecular flexibility index (Phi) is 4.89. The Balaban J connectivity index is 2.51. The zero-order valence-electron chi connectivity index (χ0n) is 10.4. The van der Waals surface area contributed by atoms with Gasteiger partial charge in [-0.1, -0.05) is 13.8 Å². The predicted molar refractivity (Wildman–Crippen MR) is 61.6 cm³/mol. The molecule has 1 fully saturated rings. The molecule has 0 aromatic rings. The van der Waals surface area contributed by atoms with Gasteiger partial charge < -0.3 is 20.5 Å². The summed E-state index contributed by atoms with van der Waals surface area (Å²) >= 11 is 0. The van der Waals surface area contributed by atoms with Crippen LogP contribution < -0.4 is 10.6 Å². The van der Waals surface area contributed by atoms with Crippen LogP contribution in [0, 0.1) is 5.92 Å². The highest BCUT2D eigenvalue weighted by Crippen LogP contribution is 2.10. The van der Waals surface area contributed by atoms with Gasteiger partial charge in [0.15, 0.2) is 0 Å².